The van der Waals surface area contributed by atoms with E-state index in [0.717, 1.165) is 15.3 Å². The molecule has 0 bridgehead atoms. The topological polar surface area (TPSA) is 47.0 Å². The summed E-state index contributed by atoms with van der Waals surface area (Å²) >= 11 is 1.62. The highest BCUT2D eigenvalue weighted by molar-refractivity contribution is 7.22. The van der Waals surface area contributed by atoms with E-state index in [2.05, 4.69) is 16.2 Å². The number of hydrogen-bond donors (Lipinski definition) is 0. The van der Waals surface area contributed by atoms with E-state index < -0.39 is 0 Å². The van der Waals surface area contributed by atoms with Crippen molar-refractivity contribution in [3.05, 3.63) is 24.3 Å². The summed E-state index contributed by atoms with van der Waals surface area (Å²) in [5.41, 5.74) is 0.993. The standard InChI is InChI=1S/C13H15N3O2S/c1-2-14-16(9-12-17-7-8-18-12)13-15-10-5-3-4-6-11(10)19-13/h2-6,12H,7-9H2,1H3/b14-2+. The van der Waals surface area contributed by atoms with Gasteiger partial charge in [0, 0.05) is 6.21 Å². The zero-order valence-corrected chi connectivity index (χ0v) is 11.5. The smallest absolute Gasteiger partial charge is 0.207 e. The lowest BCUT2D eigenvalue weighted by atomic mass is 10.3. The number of hydrogen-bond acceptors (Lipinski definition) is 6. The summed E-state index contributed by atoms with van der Waals surface area (Å²) in [7, 11) is 0. The van der Waals surface area contributed by atoms with Crippen LogP contribution in [-0.2, 0) is 9.47 Å². The van der Waals surface area contributed by atoms with Crippen LogP contribution in [0.25, 0.3) is 10.2 Å². The molecule has 6 heteroatoms. The molecule has 0 atom stereocenters. The van der Waals surface area contributed by atoms with Gasteiger partial charge in [-0.3, -0.25) is 0 Å². The van der Waals surface area contributed by atoms with Crippen LogP contribution in [0.15, 0.2) is 29.4 Å². The van der Waals surface area contributed by atoms with Gasteiger partial charge in [-0.25, -0.2) is 9.99 Å². The first kappa shape index (κ1) is 12.5. The molecule has 0 spiro atoms. The first-order valence-corrected chi connectivity index (χ1v) is 7.03. The Labute approximate surface area is 115 Å². The van der Waals surface area contributed by atoms with Crippen LogP contribution >= 0.6 is 11.3 Å². The van der Waals surface area contributed by atoms with Crippen molar-refractivity contribution < 1.29 is 9.47 Å². The molecule has 0 saturated carbocycles. The summed E-state index contributed by atoms with van der Waals surface area (Å²) in [5.74, 6) is 0. The molecule has 1 saturated heterocycles. The summed E-state index contributed by atoms with van der Waals surface area (Å²) in [6.07, 6.45) is 1.52. The molecule has 1 aliphatic heterocycles. The van der Waals surface area contributed by atoms with E-state index >= 15 is 0 Å². The molecule has 0 aliphatic carbocycles. The Kier molecular flexibility index (Phi) is 3.72. The number of aromatic nitrogens is 1. The summed E-state index contributed by atoms with van der Waals surface area (Å²) in [6.45, 7) is 3.74. The number of nitrogens with zero attached hydrogens (tertiary/aromatic N) is 3. The molecular weight excluding hydrogens is 262 g/mol. The molecule has 1 aromatic heterocycles. The van der Waals surface area contributed by atoms with Gasteiger partial charge < -0.3 is 9.47 Å². The Hall–Kier alpha value is -1.50. The van der Waals surface area contributed by atoms with Crippen molar-refractivity contribution in [3.8, 4) is 0 Å². The number of para-hydroxylation sites is 1. The summed E-state index contributed by atoms with van der Waals surface area (Å²) in [5, 5.41) is 7.04. The van der Waals surface area contributed by atoms with E-state index in [4.69, 9.17) is 9.47 Å². The molecule has 3 rings (SSSR count). The number of benzene rings is 1. The molecule has 2 heterocycles. The van der Waals surface area contributed by atoms with Gasteiger partial charge >= 0.3 is 0 Å². The maximum absolute atomic E-state index is 5.46. The number of thiazole rings is 1. The molecular formula is C13H15N3O2S. The molecule has 5 nitrogen and oxygen atoms in total. The van der Waals surface area contributed by atoms with Crippen LogP contribution in [0.1, 0.15) is 6.92 Å². The van der Waals surface area contributed by atoms with Crippen LogP contribution in [0, 0.1) is 0 Å². The Bertz CT molecular complexity index is 545. The van der Waals surface area contributed by atoms with Crippen molar-refractivity contribution in [3.63, 3.8) is 0 Å². The predicted octanol–water partition coefficient (Wildman–Crippen LogP) is 2.48. The quantitative estimate of drug-likeness (QED) is 0.636. The van der Waals surface area contributed by atoms with Crippen LogP contribution in [-0.4, -0.2) is 37.2 Å². The van der Waals surface area contributed by atoms with E-state index in [1.165, 1.54) is 0 Å². The molecule has 2 aromatic rings. The monoisotopic (exact) mass is 277 g/mol. The normalized spacial score (nSPS) is 16.7. The van der Waals surface area contributed by atoms with E-state index in [9.17, 15) is 0 Å². The average molecular weight is 277 g/mol. The number of fused-ring (bicyclic) bond motifs is 1. The van der Waals surface area contributed by atoms with Gasteiger partial charge in [-0.15, -0.1) is 0 Å². The van der Waals surface area contributed by atoms with Gasteiger partial charge in [0.25, 0.3) is 0 Å². The number of ether oxygens (including phenoxy) is 2. The van der Waals surface area contributed by atoms with Crippen LogP contribution < -0.4 is 5.01 Å². The van der Waals surface area contributed by atoms with Gasteiger partial charge in [-0.2, -0.15) is 5.10 Å². The fourth-order valence-electron chi connectivity index (χ4n) is 1.94. The highest BCUT2D eigenvalue weighted by Crippen LogP contribution is 2.29. The third kappa shape index (κ3) is 2.75. The summed E-state index contributed by atoms with van der Waals surface area (Å²) < 4.78 is 12.1. The molecule has 0 N–H and O–H groups in total. The Morgan fingerprint density at radius 1 is 1.42 bits per heavy atom. The highest BCUT2D eigenvalue weighted by Gasteiger charge is 2.21. The lowest BCUT2D eigenvalue weighted by molar-refractivity contribution is -0.0342. The fraction of sp³-hybridized carbons (Fsp3) is 0.385. The predicted molar refractivity (Wildman–Crippen MR) is 76.8 cm³/mol. The molecule has 100 valence electrons. The third-order valence-corrected chi connectivity index (χ3v) is 3.82. The maximum Gasteiger partial charge on any atom is 0.207 e. The van der Waals surface area contributed by atoms with Gasteiger partial charge in [0.2, 0.25) is 5.13 Å². The number of rotatable bonds is 4. The second-order valence-corrected chi connectivity index (χ2v) is 5.10. The summed E-state index contributed by atoms with van der Waals surface area (Å²) in [6, 6.07) is 8.07. The molecule has 0 unspecified atom stereocenters. The lowest BCUT2D eigenvalue weighted by Crippen LogP contribution is -2.28. The zero-order valence-electron chi connectivity index (χ0n) is 10.7. The Balaban J connectivity index is 1.85. The Morgan fingerprint density at radius 2 is 2.21 bits per heavy atom. The van der Waals surface area contributed by atoms with Crippen molar-refractivity contribution in [1.82, 2.24) is 4.98 Å². The van der Waals surface area contributed by atoms with Crippen LogP contribution in [0.5, 0.6) is 0 Å². The summed E-state index contributed by atoms with van der Waals surface area (Å²) in [4.78, 5) is 4.59. The van der Waals surface area contributed by atoms with E-state index in [0.29, 0.717) is 19.8 Å². The number of anilines is 1. The van der Waals surface area contributed by atoms with E-state index in [1.807, 2.05) is 30.1 Å². The molecule has 0 amide bonds. The van der Waals surface area contributed by atoms with E-state index in [1.54, 1.807) is 17.6 Å². The fourth-order valence-corrected chi connectivity index (χ4v) is 2.87. The second kappa shape index (κ2) is 5.64. The molecule has 1 aliphatic rings. The maximum atomic E-state index is 5.46. The lowest BCUT2D eigenvalue weighted by Gasteiger charge is -2.18. The van der Waals surface area contributed by atoms with Crippen molar-refractivity contribution in [2.75, 3.05) is 24.8 Å². The first-order valence-electron chi connectivity index (χ1n) is 6.22. The minimum absolute atomic E-state index is 0.226. The zero-order chi connectivity index (χ0) is 13.1. The van der Waals surface area contributed by atoms with Crippen LogP contribution in [0.4, 0.5) is 5.13 Å². The van der Waals surface area contributed by atoms with Gasteiger partial charge in [0.15, 0.2) is 6.29 Å². The minimum Gasteiger partial charge on any atom is -0.348 e. The molecule has 0 radical (unpaired) electrons. The van der Waals surface area contributed by atoms with Gasteiger partial charge in [-0.1, -0.05) is 23.5 Å². The average Bonchev–Trinajstić information content (AvgIpc) is 3.06. The van der Waals surface area contributed by atoms with Gasteiger partial charge in [-0.05, 0) is 19.1 Å². The molecule has 1 aromatic carbocycles. The Morgan fingerprint density at radius 3 is 2.95 bits per heavy atom. The van der Waals surface area contributed by atoms with Gasteiger partial charge in [0.1, 0.15) is 0 Å². The largest absolute Gasteiger partial charge is 0.348 e. The van der Waals surface area contributed by atoms with Crippen LogP contribution in [0.3, 0.4) is 0 Å². The first-order chi connectivity index (χ1) is 9.36. The minimum atomic E-state index is -0.226. The van der Waals surface area contributed by atoms with Crippen molar-refractivity contribution in [2.45, 2.75) is 13.2 Å². The van der Waals surface area contributed by atoms with Crippen molar-refractivity contribution >= 4 is 32.9 Å². The van der Waals surface area contributed by atoms with Crippen molar-refractivity contribution in [1.29, 1.82) is 0 Å². The van der Waals surface area contributed by atoms with E-state index in [-0.39, 0.29) is 6.29 Å². The highest BCUT2D eigenvalue weighted by atomic mass is 32.1. The number of hydrazone groups is 1. The SMILES string of the molecule is C/C=N/N(CC1OCCO1)c1nc2ccccc2s1. The third-order valence-electron chi connectivity index (χ3n) is 2.77. The van der Waals surface area contributed by atoms with Crippen molar-refractivity contribution in [2.24, 2.45) is 5.10 Å². The van der Waals surface area contributed by atoms with Gasteiger partial charge in [0.05, 0.1) is 30.0 Å². The van der Waals surface area contributed by atoms with Crippen LogP contribution in [0.2, 0.25) is 0 Å². The molecule has 19 heavy (non-hydrogen) atoms. The molecule has 1 fully saturated rings. The second-order valence-electron chi connectivity index (χ2n) is 4.09.